The van der Waals surface area contributed by atoms with Crippen LogP contribution in [0.2, 0.25) is 0 Å². The molecule has 0 radical (unpaired) electrons. The molecule has 236 valence electrons. The minimum absolute atomic E-state index is 0.0100. The van der Waals surface area contributed by atoms with E-state index in [1.54, 1.807) is 17.0 Å². The zero-order valence-electron chi connectivity index (χ0n) is 24.0. The smallest absolute Gasteiger partial charge is 0.481 e. The van der Waals surface area contributed by atoms with E-state index in [9.17, 15) is 27.9 Å². The lowest BCUT2D eigenvalue weighted by Gasteiger charge is -2.40. The number of nitrogens with one attached hydrogen (secondary N) is 1. The number of halogens is 3. The normalized spacial score (nSPS) is 15.8. The number of aliphatic carboxylic acids is 2. The molecular formula is C30H34F3N5O6. The Kier molecular flexibility index (Phi) is 10.6. The largest absolute Gasteiger partial charge is 0.490 e. The lowest BCUT2D eigenvalue weighted by molar-refractivity contribution is -0.192. The number of carbonyl (C=O) groups excluding carboxylic acids is 1. The van der Waals surface area contributed by atoms with Crippen molar-refractivity contribution in [2.75, 3.05) is 25.0 Å². The molecule has 0 saturated carbocycles. The fourth-order valence-corrected chi connectivity index (χ4v) is 5.40. The number of carbonyl (C=O) groups is 3. The number of fused-ring (bicyclic) bond motifs is 1. The molecule has 5 rings (SSSR count). The van der Waals surface area contributed by atoms with Crippen molar-refractivity contribution in [1.29, 1.82) is 0 Å². The number of hydrogen-bond donors (Lipinski definition) is 3. The number of carboxylic acids is 2. The van der Waals surface area contributed by atoms with Crippen LogP contribution in [0.15, 0.2) is 47.0 Å². The maximum Gasteiger partial charge on any atom is 0.490 e. The molecule has 11 nitrogen and oxygen atoms in total. The number of anilines is 1. The molecule has 14 heteroatoms. The maximum atomic E-state index is 12.8. The zero-order valence-corrected chi connectivity index (χ0v) is 24.0. The van der Waals surface area contributed by atoms with Crippen LogP contribution in [0.3, 0.4) is 0 Å². The van der Waals surface area contributed by atoms with Crippen molar-refractivity contribution in [3.63, 3.8) is 0 Å². The third kappa shape index (κ3) is 9.01. The monoisotopic (exact) mass is 617 g/mol. The lowest BCUT2D eigenvalue weighted by atomic mass is 9.73. The molecule has 3 aromatic rings. The number of nitrogens with zero attached hydrogens (tertiary/aromatic N) is 4. The molecule has 0 spiro atoms. The van der Waals surface area contributed by atoms with E-state index in [-0.39, 0.29) is 12.3 Å². The highest BCUT2D eigenvalue weighted by molar-refractivity contribution is 5.94. The fraction of sp³-hybridized carbons (Fsp3) is 0.467. The number of aryl methyl sites for hydroxylation is 3. The average Bonchev–Trinajstić information content (AvgIpc) is 3.43. The highest BCUT2D eigenvalue weighted by Crippen LogP contribution is 2.38. The van der Waals surface area contributed by atoms with Gasteiger partial charge in [0.1, 0.15) is 5.82 Å². The summed E-state index contributed by atoms with van der Waals surface area (Å²) in [6.07, 6.45) is 1.04. The molecule has 1 aromatic carbocycles. The lowest BCUT2D eigenvalue weighted by Crippen LogP contribution is -2.45. The number of aromatic nitrogens is 3. The number of hydrogen-bond acceptors (Lipinski definition) is 8. The highest BCUT2D eigenvalue weighted by atomic mass is 19.4. The Bertz CT molecular complexity index is 1440. The molecule has 2 aliphatic rings. The van der Waals surface area contributed by atoms with Crippen LogP contribution in [0.25, 0.3) is 0 Å². The molecule has 1 fully saturated rings. The number of rotatable bonds is 9. The second-order valence-corrected chi connectivity index (χ2v) is 11.0. The number of amides is 1. The maximum absolute atomic E-state index is 12.8. The number of alkyl halides is 3. The Hall–Kier alpha value is -4.49. The van der Waals surface area contributed by atoms with Crippen LogP contribution < -0.4 is 5.32 Å². The summed E-state index contributed by atoms with van der Waals surface area (Å²) < 4.78 is 37.3. The molecule has 0 aliphatic carbocycles. The molecule has 4 heterocycles. The van der Waals surface area contributed by atoms with Gasteiger partial charge in [0, 0.05) is 43.7 Å². The van der Waals surface area contributed by atoms with E-state index in [0.29, 0.717) is 56.1 Å². The summed E-state index contributed by atoms with van der Waals surface area (Å²) in [6, 6.07) is 13.4. The van der Waals surface area contributed by atoms with Crippen LogP contribution in [-0.2, 0) is 35.3 Å². The summed E-state index contributed by atoms with van der Waals surface area (Å²) in [5.41, 5.74) is 2.47. The SMILES string of the molecule is O=C(O)C(F)(F)F.O=C(O)CC1(Cc2nc(CCCc3ccc4c(n3)NCCC4)no2)CCN(C(=O)c2ccccc2)CC1. The molecule has 2 aliphatic heterocycles. The second kappa shape index (κ2) is 14.3. The quantitative estimate of drug-likeness (QED) is 0.311. The van der Waals surface area contributed by atoms with Crippen molar-refractivity contribution in [1.82, 2.24) is 20.0 Å². The summed E-state index contributed by atoms with van der Waals surface area (Å²) in [4.78, 5) is 44.6. The Morgan fingerprint density at radius 2 is 1.70 bits per heavy atom. The first kappa shape index (κ1) is 32.4. The number of carboxylic acid groups (broad SMARTS) is 2. The summed E-state index contributed by atoms with van der Waals surface area (Å²) in [7, 11) is 0. The van der Waals surface area contributed by atoms with Gasteiger partial charge in [-0.25, -0.2) is 9.78 Å². The number of piperidine rings is 1. The van der Waals surface area contributed by atoms with Crippen molar-refractivity contribution < 1.29 is 42.3 Å². The van der Waals surface area contributed by atoms with Gasteiger partial charge in [-0.2, -0.15) is 18.2 Å². The van der Waals surface area contributed by atoms with Gasteiger partial charge >= 0.3 is 18.1 Å². The third-order valence-corrected chi connectivity index (χ3v) is 7.72. The van der Waals surface area contributed by atoms with Gasteiger partial charge in [0.2, 0.25) is 5.89 Å². The Morgan fingerprint density at radius 1 is 1.00 bits per heavy atom. The topological polar surface area (TPSA) is 159 Å². The summed E-state index contributed by atoms with van der Waals surface area (Å²) in [6.45, 7) is 1.98. The molecule has 3 N–H and O–H groups in total. The minimum atomic E-state index is -5.08. The van der Waals surface area contributed by atoms with Gasteiger partial charge < -0.3 is 25.0 Å². The van der Waals surface area contributed by atoms with E-state index in [0.717, 1.165) is 43.7 Å². The van der Waals surface area contributed by atoms with Crippen molar-refractivity contribution in [2.24, 2.45) is 5.41 Å². The van der Waals surface area contributed by atoms with Crippen LogP contribution in [-0.4, -0.2) is 73.9 Å². The zero-order chi connectivity index (χ0) is 31.7. The van der Waals surface area contributed by atoms with Crippen LogP contribution in [0.5, 0.6) is 0 Å². The first-order valence-corrected chi connectivity index (χ1v) is 14.3. The highest BCUT2D eigenvalue weighted by Gasteiger charge is 2.40. The molecular weight excluding hydrogens is 583 g/mol. The molecule has 1 saturated heterocycles. The van der Waals surface area contributed by atoms with E-state index in [1.807, 2.05) is 18.2 Å². The molecule has 2 aromatic heterocycles. The minimum Gasteiger partial charge on any atom is -0.481 e. The fourth-order valence-electron chi connectivity index (χ4n) is 5.40. The standard InChI is InChI=1S/C28H33N5O4.C2HF3O2/c34-25(35)19-28(13-16-33(17-14-28)27(36)21-6-2-1-3-7-21)18-24-31-23(32-37-24)10-4-9-22-12-11-20-8-5-15-29-26(20)30-22;3-2(4,5)1(6)7/h1-3,6-7,11-12H,4-5,8-10,13-19H2,(H,29,30)(H,34,35);(H,6,7). The molecule has 0 bridgehead atoms. The van der Waals surface area contributed by atoms with Crippen molar-refractivity contribution in [3.8, 4) is 0 Å². The van der Waals surface area contributed by atoms with Crippen molar-refractivity contribution in [3.05, 3.63) is 71.0 Å². The van der Waals surface area contributed by atoms with Crippen LogP contribution in [0.4, 0.5) is 19.0 Å². The first-order chi connectivity index (χ1) is 20.9. The van der Waals surface area contributed by atoms with Crippen LogP contribution >= 0.6 is 0 Å². The van der Waals surface area contributed by atoms with Crippen LogP contribution in [0, 0.1) is 5.41 Å². The molecule has 0 unspecified atom stereocenters. The molecule has 44 heavy (non-hydrogen) atoms. The van der Waals surface area contributed by atoms with E-state index in [4.69, 9.17) is 19.4 Å². The second-order valence-electron chi connectivity index (χ2n) is 11.0. The number of likely N-dealkylation sites (tertiary alicyclic amines) is 1. The average molecular weight is 618 g/mol. The van der Waals surface area contributed by atoms with Crippen molar-refractivity contribution >= 4 is 23.7 Å². The van der Waals surface area contributed by atoms with Gasteiger partial charge in [-0.15, -0.1) is 0 Å². The van der Waals surface area contributed by atoms with Gasteiger partial charge in [0.05, 0.1) is 6.42 Å². The van der Waals surface area contributed by atoms with E-state index >= 15 is 0 Å². The van der Waals surface area contributed by atoms with Crippen molar-refractivity contribution in [2.45, 2.75) is 64.0 Å². The number of benzene rings is 1. The predicted molar refractivity (Wildman–Crippen MR) is 151 cm³/mol. The van der Waals surface area contributed by atoms with Gasteiger partial charge in [-0.05, 0) is 67.7 Å². The van der Waals surface area contributed by atoms with Gasteiger partial charge in [0.25, 0.3) is 5.91 Å². The third-order valence-electron chi connectivity index (χ3n) is 7.72. The Labute approximate surface area is 251 Å². The van der Waals surface area contributed by atoms with Gasteiger partial charge in [0.15, 0.2) is 5.82 Å². The Morgan fingerprint density at radius 3 is 2.36 bits per heavy atom. The van der Waals surface area contributed by atoms with E-state index < -0.39 is 23.5 Å². The predicted octanol–water partition coefficient (Wildman–Crippen LogP) is 4.57. The Balaban J connectivity index is 0.000000566. The van der Waals surface area contributed by atoms with Crippen LogP contribution in [0.1, 0.15) is 65.4 Å². The van der Waals surface area contributed by atoms with Gasteiger partial charge in [-0.1, -0.05) is 29.4 Å². The van der Waals surface area contributed by atoms with E-state index in [1.165, 1.54) is 5.56 Å². The summed E-state index contributed by atoms with van der Waals surface area (Å²) in [5.74, 6) is -1.52. The first-order valence-electron chi connectivity index (χ1n) is 14.3. The summed E-state index contributed by atoms with van der Waals surface area (Å²) >= 11 is 0. The summed E-state index contributed by atoms with van der Waals surface area (Å²) in [5, 5.41) is 24.3. The van der Waals surface area contributed by atoms with E-state index in [2.05, 4.69) is 27.6 Å². The molecule has 0 atom stereocenters. The van der Waals surface area contributed by atoms with Gasteiger partial charge in [-0.3, -0.25) is 9.59 Å². The molecule has 1 amide bonds. The number of pyridine rings is 1.